The molecule has 1 heterocycles. The van der Waals surface area contributed by atoms with Crippen LogP contribution in [0, 0.1) is 0 Å². The van der Waals surface area contributed by atoms with Crippen LogP contribution in [-0.2, 0) is 4.79 Å². The number of anilines is 1. The Bertz CT molecular complexity index is 961. The number of carbonyl (C=O) groups excluding carboxylic acids is 1. The number of nitrogens with one attached hydrogen (secondary N) is 1. The summed E-state index contributed by atoms with van der Waals surface area (Å²) < 4.78 is 5.24. The molecule has 0 aliphatic heterocycles. The SMILES string of the molecule is CCC(CC)c1nnc(NC(=O)/C=C\c2ccc3cc(OC)ccc3c2)s1. The minimum atomic E-state index is -0.211. The lowest BCUT2D eigenvalue weighted by Crippen LogP contribution is -2.07. The molecule has 27 heavy (non-hydrogen) atoms. The van der Waals surface area contributed by atoms with Crippen molar-refractivity contribution in [2.24, 2.45) is 0 Å². The number of fused-ring (bicyclic) bond motifs is 1. The Morgan fingerprint density at radius 3 is 2.63 bits per heavy atom. The van der Waals surface area contributed by atoms with Crippen molar-refractivity contribution in [2.75, 3.05) is 12.4 Å². The highest BCUT2D eigenvalue weighted by Gasteiger charge is 2.13. The van der Waals surface area contributed by atoms with Gasteiger partial charge in [0.25, 0.3) is 0 Å². The fraction of sp³-hybridized carbons (Fsp3) is 0.286. The van der Waals surface area contributed by atoms with Crippen molar-refractivity contribution in [1.82, 2.24) is 10.2 Å². The number of aromatic nitrogens is 2. The molecular weight excluding hydrogens is 358 g/mol. The predicted octanol–water partition coefficient (Wildman–Crippen LogP) is 5.26. The van der Waals surface area contributed by atoms with E-state index in [0.29, 0.717) is 11.0 Å². The first-order valence-corrected chi connectivity index (χ1v) is 9.84. The molecule has 1 amide bonds. The number of amides is 1. The molecule has 2 aromatic carbocycles. The molecule has 0 fully saturated rings. The minimum Gasteiger partial charge on any atom is -0.497 e. The van der Waals surface area contributed by atoms with E-state index >= 15 is 0 Å². The summed E-state index contributed by atoms with van der Waals surface area (Å²) >= 11 is 1.45. The van der Waals surface area contributed by atoms with Crippen molar-refractivity contribution < 1.29 is 9.53 Å². The van der Waals surface area contributed by atoms with E-state index in [1.165, 1.54) is 17.4 Å². The second-order valence-electron chi connectivity index (χ2n) is 6.25. The molecular formula is C21H23N3O2S. The molecule has 0 bridgehead atoms. The van der Waals surface area contributed by atoms with Crippen LogP contribution in [0.2, 0.25) is 0 Å². The van der Waals surface area contributed by atoms with Gasteiger partial charge < -0.3 is 4.74 Å². The first kappa shape index (κ1) is 19.0. The van der Waals surface area contributed by atoms with Crippen LogP contribution in [0.15, 0.2) is 42.5 Å². The van der Waals surface area contributed by atoms with E-state index in [1.807, 2.05) is 36.4 Å². The molecule has 0 saturated carbocycles. The van der Waals surface area contributed by atoms with E-state index in [-0.39, 0.29) is 5.91 Å². The van der Waals surface area contributed by atoms with Gasteiger partial charge in [0.1, 0.15) is 10.8 Å². The number of carbonyl (C=O) groups is 1. The second kappa shape index (κ2) is 8.77. The number of benzene rings is 2. The van der Waals surface area contributed by atoms with Gasteiger partial charge in [0, 0.05) is 12.0 Å². The molecule has 0 aliphatic carbocycles. The largest absolute Gasteiger partial charge is 0.497 e. The van der Waals surface area contributed by atoms with Crippen molar-refractivity contribution in [2.45, 2.75) is 32.6 Å². The maximum atomic E-state index is 12.2. The number of hydrogen-bond acceptors (Lipinski definition) is 5. The van der Waals surface area contributed by atoms with Gasteiger partial charge in [0.2, 0.25) is 11.0 Å². The fourth-order valence-corrected chi connectivity index (χ4v) is 3.89. The summed E-state index contributed by atoms with van der Waals surface area (Å²) in [6, 6.07) is 11.9. The highest BCUT2D eigenvalue weighted by Crippen LogP contribution is 2.28. The number of rotatable bonds is 7. The van der Waals surface area contributed by atoms with E-state index in [9.17, 15) is 4.79 Å². The lowest BCUT2D eigenvalue weighted by molar-refractivity contribution is -0.111. The third kappa shape index (κ3) is 4.71. The van der Waals surface area contributed by atoms with E-state index in [0.717, 1.165) is 39.9 Å². The number of ether oxygens (including phenoxy) is 1. The molecule has 6 heteroatoms. The van der Waals surface area contributed by atoms with Crippen LogP contribution in [0.1, 0.15) is 43.2 Å². The van der Waals surface area contributed by atoms with Gasteiger partial charge in [0.05, 0.1) is 7.11 Å². The summed E-state index contributed by atoms with van der Waals surface area (Å²) in [7, 11) is 1.66. The first-order valence-electron chi connectivity index (χ1n) is 9.03. The Morgan fingerprint density at radius 1 is 1.15 bits per heavy atom. The zero-order valence-corrected chi connectivity index (χ0v) is 16.5. The summed E-state index contributed by atoms with van der Waals surface area (Å²) in [5.74, 6) is 1.02. The summed E-state index contributed by atoms with van der Waals surface area (Å²) in [4.78, 5) is 12.2. The Morgan fingerprint density at radius 2 is 1.89 bits per heavy atom. The highest BCUT2D eigenvalue weighted by atomic mass is 32.1. The van der Waals surface area contributed by atoms with Crippen molar-refractivity contribution in [3.8, 4) is 5.75 Å². The lowest BCUT2D eigenvalue weighted by Gasteiger charge is -2.05. The molecule has 0 atom stereocenters. The molecule has 1 aromatic heterocycles. The topological polar surface area (TPSA) is 64.1 Å². The Balaban J connectivity index is 1.67. The molecule has 3 rings (SSSR count). The van der Waals surface area contributed by atoms with Crippen molar-refractivity contribution >= 4 is 39.2 Å². The van der Waals surface area contributed by atoms with Gasteiger partial charge in [-0.2, -0.15) is 0 Å². The van der Waals surface area contributed by atoms with E-state index in [2.05, 4.69) is 29.4 Å². The van der Waals surface area contributed by atoms with Crippen molar-refractivity contribution in [3.05, 3.63) is 53.0 Å². The molecule has 3 aromatic rings. The fourth-order valence-electron chi connectivity index (χ4n) is 2.88. The standard InChI is InChI=1S/C21H23N3O2S/c1-4-15(5-2)20-23-24-21(27-20)22-19(25)11-7-14-6-8-17-13-18(26-3)10-9-16(17)12-14/h6-13,15H,4-5H2,1-3H3,(H,22,24,25)/b11-7-. The molecule has 0 unspecified atom stereocenters. The van der Waals surface area contributed by atoms with Crippen LogP contribution in [0.3, 0.4) is 0 Å². The second-order valence-corrected chi connectivity index (χ2v) is 7.26. The maximum absolute atomic E-state index is 12.2. The van der Waals surface area contributed by atoms with Gasteiger partial charge in [-0.3, -0.25) is 10.1 Å². The van der Waals surface area contributed by atoms with Crippen LogP contribution < -0.4 is 10.1 Å². The van der Waals surface area contributed by atoms with Gasteiger partial charge in [-0.15, -0.1) is 10.2 Å². The zero-order valence-electron chi connectivity index (χ0n) is 15.7. The third-order valence-corrected chi connectivity index (χ3v) is 5.51. The molecule has 0 spiro atoms. The summed E-state index contributed by atoms with van der Waals surface area (Å²) in [6.07, 6.45) is 5.35. The van der Waals surface area contributed by atoms with Crippen molar-refractivity contribution in [1.29, 1.82) is 0 Å². The van der Waals surface area contributed by atoms with E-state index in [1.54, 1.807) is 13.2 Å². The number of methoxy groups -OCH3 is 1. The van der Waals surface area contributed by atoms with Gasteiger partial charge in [-0.25, -0.2) is 0 Å². The average molecular weight is 382 g/mol. The van der Waals surface area contributed by atoms with Gasteiger partial charge in [-0.1, -0.05) is 43.4 Å². The smallest absolute Gasteiger partial charge is 0.250 e. The molecule has 1 N–H and O–H groups in total. The van der Waals surface area contributed by atoms with Crippen LogP contribution >= 0.6 is 11.3 Å². The van der Waals surface area contributed by atoms with Crippen LogP contribution in [-0.4, -0.2) is 23.2 Å². The first-order chi connectivity index (χ1) is 13.1. The molecule has 5 nitrogen and oxygen atoms in total. The molecule has 0 aliphatic rings. The van der Waals surface area contributed by atoms with E-state index in [4.69, 9.17) is 4.74 Å². The Kier molecular flexibility index (Phi) is 6.19. The summed E-state index contributed by atoms with van der Waals surface area (Å²) in [6.45, 7) is 4.27. The molecule has 140 valence electrons. The monoisotopic (exact) mass is 381 g/mol. The van der Waals surface area contributed by atoms with Gasteiger partial charge in [-0.05, 0) is 53.5 Å². The van der Waals surface area contributed by atoms with Crippen molar-refractivity contribution in [3.63, 3.8) is 0 Å². The minimum absolute atomic E-state index is 0.211. The zero-order chi connectivity index (χ0) is 19.2. The summed E-state index contributed by atoms with van der Waals surface area (Å²) in [5.41, 5.74) is 0.956. The number of hydrogen-bond donors (Lipinski definition) is 1. The van der Waals surface area contributed by atoms with Crippen LogP contribution in [0.25, 0.3) is 16.8 Å². The van der Waals surface area contributed by atoms with E-state index < -0.39 is 0 Å². The van der Waals surface area contributed by atoms with Gasteiger partial charge >= 0.3 is 0 Å². The average Bonchev–Trinajstić information content (AvgIpc) is 3.15. The Labute approximate surface area is 163 Å². The number of nitrogens with zero attached hydrogens (tertiary/aromatic N) is 2. The lowest BCUT2D eigenvalue weighted by atomic mass is 10.1. The predicted molar refractivity (Wildman–Crippen MR) is 111 cm³/mol. The summed E-state index contributed by atoms with van der Waals surface area (Å²) in [5, 5.41) is 14.8. The Hall–Kier alpha value is -2.73. The van der Waals surface area contributed by atoms with Crippen LogP contribution in [0.5, 0.6) is 5.75 Å². The van der Waals surface area contributed by atoms with Crippen LogP contribution in [0.4, 0.5) is 5.13 Å². The highest BCUT2D eigenvalue weighted by molar-refractivity contribution is 7.15. The molecule has 0 radical (unpaired) electrons. The maximum Gasteiger partial charge on any atom is 0.250 e. The third-order valence-electron chi connectivity index (χ3n) is 4.50. The van der Waals surface area contributed by atoms with Gasteiger partial charge in [0.15, 0.2) is 0 Å². The quantitative estimate of drug-likeness (QED) is 0.567. The molecule has 0 saturated heterocycles. The normalized spacial score (nSPS) is 11.4.